The van der Waals surface area contributed by atoms with Crippen LogP contribution < -0.4 is 0 Å². The lowest BCUT2D eigenvalue weighted by Gasteiger charge is -2.02. The van der Waals surface area contributed by atoms with E-state index in [0.717, 1.165) is 0 Å². The third kappa shape index (κ3) is 4.17. The van der Waals surface area contributed by atoms with Crippen molar-refractivity contribution in [3.63, 3.8) is 0 Å². The van der Waals surface area contributed by atoms with Crippen molar-refractivity contribution in [2.24, 2.45) is 0 Å². The summed E-state index contributed by atoms with van der Waals surface area (Å²) in [6.07, 6.45) is -5.81. The van der Waals surface area contributed by atoms with Crippen LogP contribution >= 0.6 is 0 Å². The fraction of sp³-hybridized carbons (Fsp3) is 0.600. The van der Waals surface area contributed by atoms with E-state index in [1.807, 2.05) is 0 Å². The van der Waals surface area contributed by atoms with Gasteiger partial charge in [-0.2, -0.15) is 13.2 Å². The predicted molar refractivity (Wildman–Crippen MR) is 33.7 cm³/mol. The smallest absolute Gasteiger partial charge is 0.321 e. The molecule has 0 aromatic rings. The average Bonchev–Trinajstić information content (AvgIpc) is 1.85. The molecule has 0 atom stereocenters. The molecule has 0 heterocycles. The predicted octanol–water partition coefficient (Wildman–Crippen LogP) is 0.519. The van der Waals surface area contributed by atoms with Crippen molar-refractivity contribution in [3.05, 3.63) is 0 Å². The number of alkyl halides is 3. The molecule has 0 fully saturated rings. The lowest BCUT2D eigenvalue weighted by Crippen LogP contribution is -2.26. The topological polar surface area (TPSA) is 34.1 Å². The van der Waals surface area contributed by atoms with E-state index in [1.165, 1.54) is 0 Å². The maximum atomic E-state index is 11.5. The second-order valence-electron chi connectivity index (χ2n) is 1.99. The zero-order valence-corrected chi connectivity index (χ0v) is 7.28. The Hall–Kier alpha value is -0.338. The zero-order valence-electron chi connectivity index (χ0n) is 5.86. The summed E-state index contributed by atoms with van der Waals surface area (Å²) in [4.78, 5) is 20.5. The molecule has 0 aromatic heterocycles. The Bertz CT molecular complexity index is 175. The van der Waals surface area contributed by atoms with E-state index in [1.54, 1.807) is 5.79 Å². The van der Waals surface area contributed by atoms with Crippen molar-refractivity contribution in [1.29, 1.82) is 0 Å². The minimum Gasteiger partial charge on any atom is -0.321 e. The molecule has 0 saturated carbocycles. The van der Waals surface area contributed by atoms with Crippen molar-refractivity contribution in [2.45, 2.75) is 18.4 Å². The summed E-state index contributed by atoms with van der Waals surface area (Å²) in [5, 5.41) is 0. The number of hydrogen-bond acceptors (Lipinski definition) is 2. The van der Waals surface area contributed by atoms with Crippen LogP contribution in [0.1, 0.15) is 6.42 Å². The highest BCUT2D eigenvalue weighted by Crippen LogP contribution is 2.17. The van der Waals surface area contributed by atoms with Crippen LogP contribution in [0.5, 0.6) is 0 Å². The van der Waals surface area contributed by atoms with E-state index in [0.29, 0.717) is 0 Å². The second-order valence-corrected chi connectivity index (χ2v) is 3.49. The fourth-order valence-corrected chi connectivity index (χ4v) is 0.881. The molecule has 11 heavy (non-hydrogen) atoms. The normalized spacial score (nSPS) is 10.9. The average molecular weight is 182 g/mol. The van der Waals surface area contributed by atoms with Crippen LogP contribution in [-0.2, 0) is 9.59 Å². The summed E-state index contributed by atoms with van der Waals surface area (Å²) in [5.41, 5.74) is 0. The number of rotatable bonds is 3. The summed E-state index contributed by atoms with van der Waals surface area (Å²) >= 11 is -1.12. The Morgan fingerprint density at radius 3 is 2.09 bits per heavy atom. The molecule has 0 N–H and O–H groups in total. The molecular formula is C5H6AlF3O2. The van der Waals surface area contributed by atoms with Crippen molar-refractivity contribution < 1.29 is 22.8 Å². The van der Waals surface area contributed by atoms with Gasteiger partial charge in [-0.25, -0.2) is 0 Å². The summed E-state index contributed by atoms with van der Waals surface area (Å²) in [5.74, 6) is -0.386. The second kappa shape index (κ2) is 3.88. The van der Waals surface area contributed by atoms with E-state index in [9.17, 15) is 22.8 Å². The van der Waals surface area contributed by atoms with Gasteiger partial charge in [-0.1, -0.05) is 0 Å². The van der Waals surface area contributed by atoms with E-state index >= 15 is 0 Å². The van der Waals surface area contributed by atoms with Gasteiger partial charge in [0.2, 0.25) is 5.78 Å². The molecule has 0 aromatic carbocycles. The first-order valence-electron chi connectivity index (χ1n) is 2.99. The summed E-state index contributed by atoms with van der Waals surface area (Å²) in [6, 6.07) is 0. The molecule has 6 heteroatoms. The largest absolute Gasteiger partial charge is 0.450 e. The van der Waals surface area contributed by atoms with Gasteiger partial charge < -0.3 is 4.79 Å². The highest BCUT2D eigenvalue weighted by Gasteiger charge is 2.38. The number of ketones is 1. The first kappa shape index (κ1) is 10.7. The third-order valence-electron chi connectivity index (χ3n) is 1.07. The van der Waals surface area contributed by atoms with Gasteiger partial charge in [-0.05, 0) is 0 Å². The molecule has 0 radical (unpaired) electrons. The van der Waals surface area contributed by atoms with Crippen LogP contribution in [-0.4, -0.2) is 31.8 Å². The third-order valence-corrected chi connectivity index (χ3v) is 2.11. The van der Waals surface area contributed by atoms with Gasteiger partial charge in [0.1, 0.15) is 0 Å². The monoisotopic (exact) mass is 182 g/mol. The minimum absolute atomic E-state index is 0.549. The Labute approximate surface area is 67.5 Å². The lowest BCUT2D eigenvalue weighted by atomic mass is 10.3. The Balaban J connectivity index is 3.99. The van der Waals surface area contributed by atoms with E-state index in [4.69, 9.17) is 0 Å². The molecule has 0 saturated heterocycles. The molecule has 62 valence electrons. The van der Waals surface area contributed by atoms with E-state index < -0.39 is 38.2 Å². The van der Waals surface area contributed by atoms with Crippen LogP contribution in [0.3, 0.4) is 0 Å². The first-order chi connectivity index (χ1) is 4.88. The van der Waals surface area contributed by atoms with Crippen molar-refractivity contribution >= 4 is 25.6 Å². The summed E-state index contributed by atoms with van der Waals surface area (Å²) in [6.45, 7) is 0. The first-order valence-corrected chi connectivity index (χ1v) is 5.11. The van der Waals surface area contributed by atoms with E-state index in [2.05, 4.69) is 0 Å². The van der Waals surface area contributed by atoms with Crippen LogP contribution in [0.25, 0.3) is 0 Å². The van der Waals surface area contributed by atoms with Crippen LogP contribution in [0, 0.1) is 0 Å². The number of Topliss-reactive ketones (excluding diaryl/α,β-unsaturated/α-hetero) is 1. The van der Waals surface area contributed by atoms with Gasteiger partial charge in [0.05, 0.1) is 11.1 Å². The van der Waals surface area contributed by atoms with Gasteiger partial charge >= 0.3 is 21.4 Å². The molecule has 0 bridgehead atoms. The van der Waals surface area contributed by atoms with Gasteiger partial charge in [0, 0.05) is 0 Å². The van der Waals surface area contributed by atoms with Crippen molar-refractivity contribution in [1.82, 2.24) is 0 Å². The van der Waals surface area contributed by atoms with Crippen LogP contribution in [0.4, 0.5) is 13.2 Å². The minimum atomic E-state index is -4.85. The quantitative estimate of drug-likeness (QED) is 0.471. The highest BCUT2D eigenvalue weighted by molar-refractivity contribution is 6.73. The maximum absolute atomic E-state index is 11.5. The van der Waals surface area contributed by atoms with Gasteiger partial charge in [-0.3, -0.25) is 4.79 Å². The molecule has 0 aliphatic rings. The maximum Gasteiger partial charge on any atom is 0.450 e. The Morgan fingerprint density at radius 2 is 1.82 bits per heavy atom. The lowest BCUT2D eigenvalue weighted by molar-refractivity contribution is -0.171. The van der Waals surface area contributed by atoms with Gasteiger partial charge in [0.15, 0.2) is 0 Å². The van der Waals surface area contributed by atoms with Crippen LogP contribution in [0.2, 0.25) is 5.79 Å². The molecular weight excluding hydrogens is 176 g/mol. The molecule has 0 spiro atoms. The van der Waals surface area contributed by atoms with Gasteiger partial charge in [0.25, 0.3) is 0 Å². The van der Waals surface area contributed by atoms with Crippen LogP contribution in [0.15, 0.2) is 0 Å². The summed E-state index contributed by atoms with van der Waals surface area (Å²) in [7, 11) is 0. The molecule has 0 amide bonds. The SMILES string of the molecule is [CH3][AlH][C](=O)CC(=O)C(F)(F)F. The summed E-state index contributed by atoms with van der Waals surface area (Å²) < 4.78 is 33.8. The molecule has 0 aliphatic heterocycles. The molecule has 0 aliphatic carbocycles. The van der Waals surface area contributed by atoms with E-state index in [-0.39, 0.29) is 0 Å². The van der Waals surface area contributed by atoms with Gasteiger partial charge in [-0.15, -0.1) is 5.79 Å². The highest BCUT2D eigenvalue weighted by atomic mass is 27.1. The molecule has 0 unspecified atom stereocenters. The Morgan fingerprint density at radius 1 is 1.36 bits per heavy atom. The standard InChI is InChI=1S/C4H2F3O2.CH3.Al.H/c5-4(6,7)3(9)1-2-8;;;/h1H2;1H3;;. The number of hydrogen-bond donors (Lipinski definition) is 0. The zero-order chi connectivity index (χ0) is 9.07. The fourth-order valence-electron chi connectivity index (χ4n) is 0.404. The van der Waals surface area contributed by atoms with Crippen molar-refractivity contribution in [3.8, 4) is 0 Å². The Kier molecular flexibility index (Phi) is 3.77. The number of carbonyl (C=O) groups excluding carboxylic acids is 2. The van der Waals surface area contributed by atoms with Crippen molar-refractivity contribution in [2.75, 3.05) is 0 Å². The number of carbonyl (C=O) groups is 2. The number of halogens is 3. The molecule has 0 rings (SSSR count). The molecule has 2 nitrogen and oxygen atoms in total.